The first kappa shape index (κ1) is 48.7. The van der Waals surface area contributed by atoms with Crippen molar-refractivity contribution in [3.63, 3.8) is 0 Å². The van der Waals surface area contributed by atoms with Gasteiger partial charge in [-0.1, -0.05) is 59.7 Å². The molecule has 1 aromatic carbocycles. The predicted molar refractivity (Wildman–Crippen MR) is 243 cm³/mol. The van der Waals surface area contributed by atoms with E-state index in [4.69, 9.17) is 31.9 Å². The Kier molecular flexibility index (Phi) is 14.0. The van der Waals surface area contributed by atoms with E-state index in [1.165, 1.54) is 0 Å². The van der Waals surface area contributed by atoms with Gasteiger partial charge in [0.1, 0.15) is 23.4 Å². The first-order valence-electron chi connectivity index (χ1n) is 22.4. The molecule has 1 heterocycles. The van der Waals surface area contributed by atoms with Gasteiger partial charge in [-0.2, -0.15) is 0 Å². The van der Waals surface area contributed by atoms with Crippen molar-refractivity contribution in [2.45, 2.75) is 200 Å². The number of ether oxygens (including phenoxy) is 3. The van der Waals surface area contributed by atoms with E-state index >= 15 is 4.79 Å². The lowest BCUT2D eigenvalue weighted by Crippen LogP contribution is -2.78. The third-order valence-electron chi connectivity index (χ3n) is 15.2. The summed E-state index contributed by atoms with van der Waals surface area (Å²) in [5.74, 6) is -1.73. The fourth-order valence-corrected chi connectivity index (χ4v) is 14.2. The van der Waals surface area contributed by atoms with Crippen molar-refractivity contribution in [1.82, 2.24) is 0 Å². The summed E-state index contributed by atoms with van der Waals surface area (Å²) in [4.78, 5) is 31.5. The lowest BCUT2D eigenvalue weighted by atomic mass is 9.45. The van der Waals surface area contributed by atoms with Gasteiger partial charge in [0.25, 0.3) is 0 Å². The molecule has 10 nitrogen and oxygen atoms in total. The Morgan fingerprint density at radius 1 is 0.831 bits per heavy atom. The highest BCUT2D eigenvalue weighted by atomic mass is 28.4. The molecule has 0 radical (unpaired) electrons. The van der Waals surface area contributed by atoms with Gasteiger partial charge in [0.15, 0.2) is 45.3 Å². The normalized spacial score (nSPS) is 35.2. The Bertz CT molecular complexity index is 1730. The van der Waals surface area contributed by atoms with Crippen LogP contribution in [0.5, 0.6) is 0 Å². The van der Waals surface area contributed by atoms with Crippen LogP contribution in [0.1, 0.15) is 85.5 Å². The number of carbonyl (C=O) groups is 2. The number of benzene rings is 1. The second kappa shape index (κ2) is 17.0. The highest BCUT2D eigenvalue weighted by Gasteiger charge is 2.77. The zero-order chi connectivity index (χ0) is 44.4. The van der Waals surface area contributed by atoms with E-state index in [0.29, 0.717) is 17.6 Å². The molecule has 1 N–H and O–H groups in total. The van der Waals surface area contributed by atoms with Gasteiger partial charge in [0, 0.05) is 24.2 Å². The van der Waals surface area contributed by atoms with Crippen molar-refractivity contribution in [3.05, 3.63) is 47.0 Å². The summed E-state index contributed by atoms with van der Waals surface area (Å²) in [5.41, 5.74) is -3.73. The van der Waals surface area contributed by atoms with Crippen LogP contribution in [0.4, 0.5) is 0 Å². The summed E-state index contributed by atoms with van der Waals surface area (Å²) in [6.07, 6.45) is -4.34. The fourth-order valence-electron chi connectivity index (χ4n) is 9.91. The largest absolute Gasteiger partial charge is 0.455 e. The average Bonchev–Trinajstić information content (AvgIpc) is 3.49. The quantitative estimate of drug-likeness (QED) is 0.104. The van der Waals surface area contributed by atoms with Crippen LogP contribution >= 0.6 is 0 Å². The van der Waals surface area contributed by atoms with Gasteiger partial charge in [0.05, 0.1) is 35.9 Å². The molecule has 1 aliphatic heterocycles. The van der Waals surface area contributed by atoms with E-state index < -0.39 is 104 Å². The Hall–Kier alpha value is -1.31. The molecule has 14 heteroatoms. The lowest BCUT2D eigenvalue weighted by Gasteiger charge is -2.65. The van der Waals surface area contributed by atoms with Gasteiger partial charge in [-0.05, 0) is 121 Å². The van der Waals surface area contributed by atoms with Crippen molar-refractivity contribution in [3.8, 4) is 0 Å². The molecule has 10 atom stereocenters. The van der Waals surface area contributed by atoms with E-state index in [0.717, 1.165) is 29.7 Å². The van der Waals surface area contributed by atoms with Gasteiger partial charge in [-0.3, -0.25) is 4.79 Å². The van der Waals surface area contributed by atoms with Gasteiger partial charge < -0.3 is 37.0 Å². The molecule has 0 spiro atoms. The first-order chi connectivity index (χ1) is 27.1. The molecule has 3 fully saturated rings. The van der Waals surface area contributed by atoms with Crippen molar-refractivity contribution in [2.24, 2.45) is 16.7 Å². The Morgan fingerprint density at radius 2 is 1.37 bits per heavy atom. The van der Waals surface area contributed by atoms with Crippen LogP contribution in [0.3, 0.4) is 0 Å². The molecule has 59 heavy (non-hydrogen) atoms. The number of hydrogen-bond donors (Lipinski definition) is 1. The molecule has 0 amide bonds. The predicted octanol–water partition coefficient (Wildman–Crippen LogP) is 9.87. The van der Waals surface area contributed by atoms with Crippen molar-refractivity contribution in [1.29, 1.82) is 0 Å². The van der Waals surface area contributed by atoms with Crippen LogP contribution in [0, 0.1) is 16.7 Å². The molecule has 2 saturated carbocycles. The van der Waals surface area contributed by atoms with E-state index in [1.54, 1.807) is 24.3 Å². The maximum Gasteiger partial charge on any atom is 0.338 e. The third-order valence-corrected chi connectivity index (χ3v) is 25.7. The molecule has 334 valence electrons. The van der Waals surface area contributed by atoms with Crippen LogP contribution in [0.15, 0.2) is 41.5 Å². The maximum absolute atomic E-state index is 16.7. The summed E-state index contributed by atoms with van der Waals surface area (Å²) in [6, 6.07) is 12.2. The monoisotopic (exact) mass is 890 g/mol. The topological polar surface area (TPSA) is 119 Å². The fraction of sp³-hybridized carbons (Fsp3) is 0.778. The third kappa shape index (κ3) is 8.94. The van der Waals surface area contributed by atoms with Gasteiger partial charge in [-0.25, -0.2) is 4.79 Å². The zero-order valence-electron chi connectivity index (χ0n) is 39.5. The van der Waals surface area contributed by atoms with Crippen LogP contribution < -0.4 is 0 Å². The second-order valence-electron chi connectivity index (χ2n) is 21.1. The summed E-state index contributed by atoms with van der Waals surface area (Å²) in [6.45, 7) is 35.9. The highest BCUT2D eigenvalue weighted by molar-refractivity contribution is 6.72. The minimum atomic E-state index is -2.51. The number of ketones is 1. The van der Waals surface area contributed by atoms with Crippen LogP contribution in [-0.2, 0) is 36.7 Å². The van der Waals surface area contributed by atoms with E-state index in [9.17, 15) is 9.90 Å². The number of rotatable bonds is 15. The number of aliphatic hydroxyl groups is 1. The van der Waals surface area contributed by atoms with Crippen molar-refractivity contribution >= 4 is 45.0 Å². The highest BCUT2D eigenvalue weighted by Crippen LogP contribution is 2.65. The SMILES string of the molecule is CC[Si](C)(C)OC[C@]12OC(C)O[C@H]1C[C@H](O[Si](C)(C)CC)[C@@]1(C)C(=O)[C@H](O[Si](C)(C)CC)C3=C(C)[C@@H](O[Si](C)(C)CC)C[C@@](O)([C@@H](OC(=O)c4ccccc4)[C@H]21)C3(C)C. The van der Waals surface area contributed by atoms with Crippen molar-refractivity contribution < 1.29 is 46.6 Å². The second-order valence-corrected chi connectivity index (χ2v) is 39.0. The smallest absolute Gasteiger partial charge is 0.338 e. The van der Waals surface area contributed by atoms with E-state index in [2.05, 4.69) is 87.0 Å². The van der Waals surface area contributed by atoms with E-state index in [-0.39, 0.29) is 18.8 Å². The number of fused-ring (bicyclic) bond motifs is 5. The minimum absolute atomic E-state index is 0.0952. The summed E-state index contributed by atoms with van der Waals surface area (Å²) in [5, 5.41) is 14.3. The lowest BCUT2D eigenvalue weighted by molar-refractivity contribution is -0.265. The molecule has 1 unspecified atom stereocenters. The van der Waals surface area contributed by atoms with Gasteiger partial charge >= 0.3 is 5.97 Å². The number of Topliss-reactive ketones (excluding diaryl/α,β-unsaturated/α-hetero) is 1. The van der Waals surface area contributed by atoms with Crippen LogP contribution in [0.2, 0.25) is 76.6 Å². The maximum atomic E-state index is 16.7. The Morgan fingerprint density at radius 3 is 1.93 bits per heavy atom. The molecule has 5 rings (SSSR count). The molecule has 1 aromatic rings. The summed E-state index contributed by atoms with van der Waals surface area (Å²) < 4.78 is 49.8. The summed E-state index contributed by atoms with van der Waals surface area (Å²) in [7, 11) is -9.46. The standard InChI is InChI=1S/C45H78O10Si4/c1-18-56(10,11)49-29-44-35(50-31(6)52-44)27-34(54-58(14,15)20-3)43(9)38(44)40(51-41(47)32-25-23-22-24-26-32)45(48)28-33(53-57(12,13)19-2)30(5)36(42(45,7)8)37(39(43)46)55-59(16,17)21-4/h22-26,31,33-35,37-38,40,48H,18-21,27-29H2,1-17H3/t31?,33-,34-,35-,37+,38-,40-,43+,44-,45+/m0/s1. The number of esters is 1. The number of carbonyl (C=O) groups excluding carboxylic acids is 2. The molecule has 4 aliphatic rings. The van der Waals surface area contributed by atoms with E-state index in [1.807, 2.05) is 33.8 Å². The molecular weight excluding hydrogens is 813 g/mol. The van der Waals surface area contributed by atoms with Crippen molar-refractivity contribution in [2.75, 3.05) is 6.61 Å². The number of hydrogen-bond acceptors (Lipinski definition) is 10. The molecule has 1 saturated heterocycles. The van der Waals surface area contributed by atoms with Gasteiger partial charge in [-0.15, -0.1) is 0 Å². The van der Waals surface area contributed by atoms with Crippen LogP contribution in [-0.4, -0.2) is 105 Å². The molecule has 3 aliphatic carbocycles. The van der Waals surface area contributed by atoms with Crippen LogP contribution in [0.25, 0.3) is 0 Å². The minimum Gasteiger partial charge on any atom is -0.455 e. The molecule has 2 bridgehead atoms. The van der Waals surface area contributed by atoms with Gasteiger partial charge in [0.2, 0.25) is 0 Å². The summed E-state index contributed by atoms with van der Waals surface area (Å²) >= 11 is 0. The Balaban J connectivity index is 1.96. The molecule has 0 aromatic heterocycles. The zero-order valence-corrected chi connectivity index (χ0v) is 43.5. The Labute approximate surface area is 360 Å². The first-order valence-corrected chi connectivity index (χ1v) is 34.8. The average molecular weight is 891 g/mol. The molecular formula is C45H78O10Si4.